The predicted molar refractivity (Wildman–Crippen MR) is 59.4 cm³/mol. The summed E-state index contributed by atoms with van der Waals surface area (Å²) in [6.07, 6.45) is 0. The Labute approximate surface area is 88.0 Å². The van der Waals surface area contributed by atoms with Crippen molar-refractivity contribution >= 4 is 15.9 Å². The van der Waals surface area contributed by atoms with Crippen LogP contribution in [-0.4, -0.2) is 19.1 Å². The maximum absolute atomic E-state index is 3.54. The number of hydrogen-bond donors (Lipinski definition) is 1. The smallest absolute Gasteiger partial charge is 0.0364 e. The normalized spacial score (nSPS) is 10.8. The van der Waals surface area contributed by atoms with Crippen molar-refractivity contribution in [1.29, 1.82) is 0 Å². The van der Waals surface area contributed by atoms with Crippen LogP contribution < -0.4 is 5.43 Å². The second kappa shape index (κ2) is 4.74. The maximum atomic E-state index is 3.54. The molecule has 0 aliphatic heterocycles. The van der Waals surface area contributed by atoms with E-state index in [1.807, 2.05) is 19.1 Å². The van der Waals surface area contributed by atoms with E-state index >= 15 is 0 Å². The predicted octanol–water partition coefficient (Wildman–Crippen LogP) is 2.32. The van der Waals surface area contributed by atoms with Gasteiger partial charge in [-0.25, -0.2) is 0 Å². The summed E-state index contributed by atoms with van der Waals surface area (Å²) >= 11 is 3.54. The average Bonchev–Trinajstić information content (AvgIpc) is 2.02. The van der Waals surface area contributed by atoms with Gasteiger partial charge in [0.25, 0.3) is 0 Å². The first-order chi connectivity index (χ1) is 6.09. The van der Waals surface area contributed by atoms with Crippen LogP contribution in [0.3, 0.4) is 0 Å². The van der Waals surface area contributed by atoms with E-state index in [9.17, 15) is 0 Å². The summed E-state index contributed by atoms with van der Waals surface area (Å²) in [5.41, 5.74) is 5.78. The molecular formula is C10H15BrN2. The maximum Gasteiger partial charge on any atom is 0.0364 e. The molecule has 0 bridgehead atoms. The molecule has 1 N–H and O–H groups in total. The van der Waals surface area contributed by atoms with Gasteiger partial charge in [-0.15, -0.1) is 0 Å². The standard InChI is InChI=1S/C10H15BrN2/c1-8-4-5-9(10(11)6-8)7-12-13(2)3/h4-6,12H,7H2,1-3H3. The largest absolute Gasteiger partial charge is 0.251 e. The fourth-order valence-electron chi connectivity index (χ4n) is 1.04. The topological polar surface area (TPSA) is 15.3 Å². The lowest BCUT2D eigenvalue weighted by Gasteiger charge is -2.12. The molecule has 0 aromatic heterocycles. The van der Waals surface area contributed by atoms with Crippen molar-refractivity contribution < 1.29 is 0 Å². The zero-order valence-corrected chi connectivity index (χ0v) is 9.85. The summed E-state index contributed by atoms with van der Waals surface area (Å²) in [5, 5.41) is 1.95. The molecule has 0 heterocycles. The molecule has 1 rings (SSSR count). The first kappa shape index (κ1) is 10.7. The Kier molecular flexibility index (Phi) is 3.90. The van der Waals surface area contributed by atoms with Crippen LogP contribution in [0.1, 0.15) is 11.1 Å². The Morgan fingerprint density at radius 2 is 2.08 bits per heavy atom. The summed E-state index contributed by atoms with van der Waals surface area (Å²) in [4.78, 5) is 0. The number of nitrogens with one attached hydrogen (secondary N) is 1. The Bertz CT molecular complexity index is 284. The van der Waals surface area contributed by atoms with Gasteiger partial charge >= 0.3 is 0 Å². The van der Waals surface area contributed by atoms with Crippen LogP contribution in [0.2, 0.25) is 0 Å². The van der Waals surface area contributed by atoms with Crippen LogP contribution in [0, 0.1) is 6.92 Å². The number of nitrogens with zero attached hydrogens (tertiary/aromatic N) is 1. The summed E-state index contributed by atoms with van der Waals surface area (Å²) in [6.45, 7) is 2.95. The SMILES string of the molecule is Cc1ccc(CNN(C)C)c(Br)c1. The van der Waals surface area contributed by atoms with E-state index in [0.717, 1.165) is 6.54 Å². The molecule has 72 valence electrons. The van der Waals surface area contributed by atoms with Gasteiger partial charge in [0.2, 0.25) is 0 Å². The van der Waals surface area contributed by atoms with Crippen LogP contribution in [-0.2, 0) is 6.54 Å². The Balaban J connectivity index is 2.67. The van der Waals surface area contributed by atoms with Gasteiger partial charge in [-0.05, 0) is 24.1 Å². The van der Waals surface area contributed by atoms with E-state index in [2.05, 4.69) is 46.5 Å². The molecule has 0 saturated heterocycles. The van der Waals surface area contributed by atoms with E-state index < -0.39 is 0 Å². The molecule has 0 unspecified atom stereocenters. The molecule has 0 fully saturated rings. The molecule has 0 spiro atoms. The first-order valence-electron chi connectivity index (χ1n) is 4.25. The molecule has 0 aliphatic carbocycles. The third-order valence-corrected chi connectivity index (χ3v) is 2.53. The molecule has 3 heteroatoms. The van der Waals surface area contributed by atoms with Crippen LogP contribution >= 0.6 is 15.9 Å². The highest BCUT2D eigenvalue weighted by Gasteiger charge is 1.99. The molecule has 1 aromatic rings. The van der Waals surface area contributed by atoms with Crippen molar-refractivity contribution in [2.75, 3.05) is 14.1 Å². The van der Waals surface area contributed by atoms with E-state index in [0.29, 0.717) is 0 Å². The average molecular weight is 243 g/mol. The van der Waals surface area contributed by atoms with Gasteiger partial charge in [0.05, 0.1) is 0 Å². The van der Waals surface area contributed by atoms with Crippen molar-refractivity contribution in [2.45, 2.75) is 13.5 Å². The molecular weight excluding hydrogens is 228 g/mol. The number of aryl methyl sites for hydroxylation is 1. The van der Waals surface area contributed by atoms with E-state index in [1.165, 1.54) is 15.6 Å². The minimum absolute atomic E-state index is 0.855. The highest BCUT2D eigenvalue weighted by molar-refractivity contribution is 9.10. The number of benzene rings is 1. The van der Waals surface area contributed by atoms with Crippen LogP contribution in [0.15, 0.2) is 22.7 Å². The third kappa shape index (κ3) is 3.46. The zero-order chi connectivity index (χ0) is 9.84. The third-order valence-electron chi connectivity index (χ3n) is 1.79. The van der Waals surface area contributed by atoms with Crippen LogP contribution in [0.4, 0.5) is 0 Å². The van der Waals surface area contributed by atoms with Gasteiger partial charge in [0.15, 0.2) is 0 Å². The van der Waals surface area contributed by atoms with Crippen molar-refractivity contribution in [2.24, 2.45) is 0 Å². The lowest BCUT2D eigenvalue weighted by atomic mass is 10.1. The Morgan fingerprint density at radius 1 is 1.38 bits per heavy atom. The molecule has 0 amide bonds. The number of halogens is 1. The Morgan fingerprint density at radius 3 is 2.62 bits per heavy atom. The molecule has 0 atom stereocenters. The second-order valence-electron chi connectivity index (χ2n) is 3.32. The number of rotatable bonds is 3. The lowest BCUT2D eigenvalue weighted by Crippen LogP contribution is -2.29. The van der Waals surface area contributed by atoms with E-state index in [4.69, 9.17) is 0 Å². The van der Waals surface area contributed by atoms with Crippen LogP contribution in [0.25, 0.3) is 0 Å². The minimum Gasteiger partial charge on any atom is -0.251 e. The molecule has 0 saturated carbocycles. The highest BCUT2D eigenvalue weighted by atomic mass is 79.9. The zero-order valence-electron chi connectivity index (χ0n) is 8.26. The summed E-state index contributed by atoms with van der Waals surface area (Å²) in [5.74, 6) is 0. The van der Waals surface area contributed by atoms with Gasteiger partial charge in [-0.2, -0.15) is 0 Å². The summed E-state index contributed by atoms with van der Waals surface area (Å²) in [7, 11) is 3.98. The quantitative estimate of drug-likeness (QED) is 0.819. The first-order valence-corrected chi connectivity index (χ1v) is 5.05. The fourth-order valence-corrected chi connectivity index (χ4v) is 1.67. The van der Waals surface area contributed by atoms with Crippen molar-refractivity contribution in [1.82, 2.24) is 10.4 Å². The highest BCUT2D eigenvalue weighted by Crippen LogP contribution is 2.17. The van der Waals surface area contributed by atoms with E-state index in [-0.39, 0.29) is 0 Å². The van der Waals surface area contributed by atoms with Gasteiger partial charge in [0, 0.05) is 25.1 Å². The molecule has 13 heavy (non-hydrogen) atoms. The number of hydrogen-bond acceptors (Lipinski definition) is 2. The van der Waals surface area contributed by atoms with Gasteiger partial charge in [-0.1, -0.05) is 28.1 Å². The van der Waals surface area contributed by atoms with Gasteiger partial charge in [-0.3, -0.25) is 10.4 Å². The molecule has 2 nitrogen and oxygen atoms in total. The van der Waals surface area contributed by atoms with Crippen LogP contribution in [0.5, 0.6) is 0 Å². The number of hydrazine groups is 1. The minimum atomic E-state index is 0.855. The molecule has 0 radical (unpaired) electrons. The van der Waals surface area contributed by atoms with Gasteiger partial charge in [0.1, 0.15) is 0 Å². The van der Waals surface area contributed by atoms with Crippen molar-refractivity contribution in [3.8, 4) is 0 Å². The monoisotopic (exact) mass is 242 g/mol. The second-order valence-corrected chi connectivity index (χ2v) is 4.18. The molecule has 0 aliphatic rings. The van der Waals surface area contributed by atoms with Crippen molar-refractivity contribution in [3.05, 3.63) is 33.8 Å². The molecule has 1 aromatic carbocycles. The fraction of sp³-hybridized carbons (Fsp3) is 0.400. The van der Waals surface area contributed by atoms with E-state index in [1.54, 1.807) is 0 Å². The van der Waals surface area contributed by atoms with Crippen molar-refractivity contribution in [3.63, 3.8) is 0 Å². The van der Waals surface area contributed by atoms with Gasteiger partial charge < -0.3 is 0 Å². The summed E-state index contributed by atoms with van der Waals surface area (Å²) < 4.78 is 1.17. The Hall–Kier alpha value is -0.380. The summed E-state index contributed by atoms with van der Waals surface area (Å²) in [6, 6.07) is 6.39. The lowest BCUT2D eigenvalue weighted by molar-refractivity contribution is 0.285.